The Morgan fingerprint density at radius 1 is 1.14 bits per heavy atom. The molecular formula is C17H17NO4. The standard InChI is InChI=1S/C17H17NO4/c1-21-12-8-9-14-13(10-12)17(20,11-6-4-3-5-7-11)15(22-2)16(19)18-14/h3-10,15,20H,1-2H3,(H,18,19). The van der Waals surface area contributed by atoms with E-state index in [-0.39, 0.29) is 5.91 Å². The van der Waals surface area contributed by atoms with Gasteiger partial charge in [0.05, 0.1) is 7.11 Å². The van der Waals surface area contributed by atoms with Crippen LogP contribution in [0.25, 0.3) is 0 Å². The van der Waals surface area contributed by atoms with Crippen LogP contribution < -0.4 is 10.1 Å². The molecule has 3 rings (SSSR count). The first-order valence-electron chi connectivity index (χ1n) is 6.91. The van der Waals surface area contributed by atoms with Gasteiger partial charge in [-0.3, -0.25) is 4.79 Å². The van der Waals surface area contributed by atoms with Crippen molar-refractivity contribution < 1.29 is 19.4 Å². The summed E-state index contributed by atoms with van der Waals surface area (Å²) in [7, 11) is 2.96. The molecule has 114 valence electrons. The van der Waals surface area contributed by atoms with Crippen LogP contribution in [0.5, 0.6) is 5.75 Å². The summed E-state index contributed by atoms with van der Waals surface area (Å²) in [4.78, 5) is 12.3. The van der Waals surface area contributed by atoms with Crippen molar-refractivity contribution in [2.75, 3.05) is 19.5 Å². The summed E-state index contributed by atoms with van der Waals surface area (Å²) in [6, 6.07) is 14.2. The van der Waals surface area contributed by atoms with Crippen molar-refractivity contribution >= 4 is 11.6 Å². The Kier molecular flexibility index (Phi) is 3.60. The van der Waals surface area contributed by atoms with Crippen molar-refractivity contribution in [2.45, 2.75) is 11.7 Å². The van der Waals surface area contributed by atoms with E-state index in [4.69, 9.17) is 9.47 Å². The van der Waals surface area contributed by atoms with Crippen molar-refractivity contribution in [3.63, 3.8) is 0 Å². The predicted octanol–water partition coefficient (Wildman–Crippen LogP) is 1.90. The van der Waals surface area contributed by atoms with Crippen molar-refractivity contribution in [3.8, 4) is 5.75 Å². The first-order valence-corrected chi connectivity index (χ1v) is 6.91. The number of carbonyl (C=O) groups excluding carboxylic acids is 1. The second-order valence-electron chi connectivity index (χ2n) is 5.15. The molecule has 0 saturated heterocycles. The Labute approximate surface area is 128 Å². The lowest BCUT2D eigenvalue weighted by Gasteiger charge is -2.40. The number of ether oxygens (including phenoxy) is 2. The minimum atomic E-state index is -1.58. The molecule has 0 spiro atoms. The first-order chi connectivity index (χ1) is 10.6. The summed E-state index contributed by atoms with van der Waals surface area (Å²) in [6.07, 6.45) is -1.05. The number of amides is 1. The van der Waals surface area contributed by atoms with E-state index in [1.165, 1.54) is 7.11 Å². The number of anilines is 1. The van der Waals surface area contributed by atoms with Gasteiger partial charge in [0.2, 0.25) is 0 Å². The fraction of sp³-hybridized carbons (Fsp3) is 0.235. The summed E-state index contributed by atoms with van der Waals surface area (Å²) in [5.74, 6) is 0.214. The molecule has 2 unspecified atom stereocenters. The lowest BCUT2D eigenvalue weighted by atomic mass is 9.78. The highest BCUT2D eigenvalue weighted by Gasteiger charge is 2.49. The molecule has 1 amide bonds. The SMILES string of the molecule is COc1ccc2c(c1)C(O)(c1ccccc1)C(OC)C(=O)N2. The maximum atomic E-state index is 12.3. The van der Waals surface area contributed by atoms with Crippen LogP contribution in [0.2, 0.25) is 0 Å². The number of rotatable bonds is 3. The van der Waals surface area contributed by atoms with Crippen molar-refractivity contribution in [1.29, 1.82) is 0 Å². The summed E-state index contributed by atoms with van der Waals surface area (Å²) in [5, 5.41) is 14.2. The van der Waals surface area contributed by atoms with Crippen molar-refractivity contribution in [3.05, 3.63) is 59.7 Å². The third-order valence-corrected chi connectivity index (χ3v) is 3.96. The Bertz CT molecular complexity index is 701. The van der Waals surface area contributed by atoms with Gasteiger partial charge >= 0.3 is 0 Å². The van der Waals surface area contributed by atoms with Gasteiger partial charge < -0.3 is 19.9 Å². The zero-order valence-electron chi connectivity index (χ0n) is 12.4. The van der Waals surface area contributed by atoms with E-state index in [1.807, 2.05) is 18.2 Å². The number of nitrogens with one attached hydrogen (secondary N) is 1. The van der Waals surface area contributed by atoms with Crippen LogP contribution in [0.4, 0.5) is 5.69 Å². The quantitative estimate of drug-likeness (QED) is 0.908. The topological polar surface area (TPSA) is 67.8 Å². The third-order valence-electron chi connectivity index (χ3n) is 3.96. The van der Waals surface area contributed by atoms with Gasteiger partial charge in [-0.2, -0.15) is 0 Å². The molecular weight excluding hydrogens is 282 g/mol. The van der Waals surface area contributed by atoms with Gasteiger partial charge in [-0.15, -0.1) is 0 Å². The fourth-order valence-electron chi connectivity index (χ4n) is 2.88. The summed E-state index contributed by atoms with van der Waals surface area (Å²) in [6.45, 7) is 0. The maximum Gasteiger partial charge on any atom is 0.257 e. The van der Waals surface area contributed by atoms with Crippen LogP contribution in [0.15, 0.2) is 48.5 Å². The van der Waals surface area contributed by atoms with Gasteiger partial charge in [-0.1, -0.05) is 30.3 Å². The summed E-state index contributed by atoms with van der Waals surface area (Å²) < 4.78 is 10.5. The maximum absolute atomic E-state index is 12.3. The number of carbonyl (C=O) groups is 1. The van der Waals surface area contributed by atoms with Crippen LogP contribution in [0.3, 0.4) is 0 Å². The van der Waals surface area contributed by atoms with Crippen LogP contribution in [-0.2, 0) is 15.1 Å². The normalized spacial score (nSPS) is 23.6. The van der Waals surface area contributed by atoms with Crippen molar-refractivity contribution in [1.82, 2.24) is 0 Å². The Hall–Kier alpha value is -2.37. The Morgan fingerprint density at radius 2 is 1.86 bits per heavy atom. The van der Waals surface area contributed by atoms with Gasteiger partial charge in [0.25, 0.3) is 5.91 Å². The average molecular weight is 299 g/mol. The molecule has 5 heteroatoms. The third kappa shape index (κ3) is 2.06. The van der Waals surface area contributed by atoms with E-state index in [0.717, 1.165) is 0 Å². The van der Waals surface area contributed by atoms with E-state index >= 15 is 0 Å². The lowest BCUT2D eigenvalue weighted by molar-refractivity contribution is -0.142. The van der Waals surface area contributed by atoms with Gasteiger partial charge in [0, 0.05) is 18.4 Å². The second kappa shape index (κ2) is 5.44. The number of benzene rings is 2. The van der Waals surface area contributed by atoms with Gasteiger partial charge in [-0.05, 0) is 23.8 Å². The summed E-state index contributed by atoms with van der Waals surface area (Å²) >= 11 is 0. The van der Waals surface area contributed by atoms with E-state index in [1.54, 1.807) is 37.4 Å². The predicted molar refractivity (Wildman–Crippen MR) is 81.9 cm³/mol. The van der Waals surface area contributed by atoms with Gasteiger partial charge in [0.15, 0.2) is 11.7 Å². The van der Waals surface area contributed by atoms with E-state index in [2.05, 4.69) is 5.32 Å². The molecule has 0 fully saturated rings. The monoisotopic (exact) mass is 299 g/mol. The highest BCUT2D eigenvalue weighted by molar-refractivity contribution is 5.99. The van der Waals surface area contributed by atoms with Crippen LogP contribution in [-0.4, -0.2) is 31.3 Å². The molecule has 0 bridgehead atoms. The van der Waals surface area contributed by atoms with Crippen LogP contribution in [0.1, 0.15) is 11.1 Å². The molecule has 1 aliphatic heterocycles. The number of hydrogen-bond donors (Lipinski definition) is 2. The molecule has 1 aliphatic rings. The average Bonchev–Trinajstić information content (AvgIpc) is 2.55. The second-order valence-corrected chi connectivity index (χ2v) is 5.15. The van der Waals surface area contributed by atoms with Gasteiger partial charge in [-0.25, -0.2) is 0 Å². The van der Waals surface area contributed by atoms with E-state index < -0.39 is 11.7 Å². The highest BCUT2D eigenvalue weighted by atomic mass is 16.5. The number of hydrogen-bond acceptors (Lipinski definition) is 4. The molecule has 0 aliphatic carbocycles. The number of aliphatic hydroxyl groups is 1. The molecule has 22 heavy (non-hydrogen) atoms. The molecule has 2 atom stereocenters. The molecule has 0 radical (unpaired) electrons. The van der Waals surface area contributed by atoms with Crippen LogP contribution >= 0.6 is 0 Å². The number of fused-ring (bicyclic) bond motifs is 1. The fourth-order valence-corrected chi connectivity index (χ4v) is 2.88. The molecule has 1 heterocycles. The minimum absolute atomic E-state index is 0.383. The van der Waals surface area contributed by atoms with Crippen molar-refractivity contribution in [2.24, 2.45) is 0 Å². The number of methoxy groups -OCH3 is 2. The molecule has 2 aromatic rings. The van der Waals surface area contributed by atoms with E-state index in [9.17, 15) is 9.90 Å². The lowest BCUT2D eigenvalue weighted by Crippen LogP contribution is -2.52. The van der Waals surface area contributed by atoms with Gasteiger partial charge in [0.1, 0.15) is 5.75 Å². The zero-order valence-corrected chi connectivity index (χ0v) is 12.4. The molecule has 5 nitrogen and oxygen atoms in total. The zero-order chi connectivity index (χ0) is 15.7. The Morgan fingerprint density at radius 3 is 2.50 bits per heavy atom. The summed E-state index contributed by atoms with van der Waals surface area (Å²) in [5.41, 5.74) is 0.100. The minimum Gasteiger partial charge on any atom is -0.497 e. The smallest absolute Gasteiger partial charge is 0.257 e. The largest absolute Gasteiger partial charge is 0.497 e. The van der Waals surface area contributed by atoms with Crippen LogP contribution in [0, 0.1) is 0 Å². The Balaban J connectivity index is 2.27. The first kappa shape index (κ1) is 14.6. The molecule has 0 aromatic heterocycles. The highest BCUT2D eigenvalue weighted by Crippen LogP contribution is 2.43. The molecule has 2 aromatic carbocycles. The van der Waals surface area contributed by atoms with E-state index in [0.29, 0.717) is 22.6 Å². The molecule has 0 saturated carbocycles. The molecule has 2 N–H and O–H groups in total.